The van der Waals surface area contributed by atoms with Crippen molar-refractivity contribution in [3.8, 4) is 6.07 Å². The van der Waals surface area contributed by atoms with E-state index in [0.29, 0.717) is 10.8 Å². The Balaban J connectivity index is 4.48. The average molecular weight is 245 g/mol. The number of carbonyl (C=O) groups is 1. The molecule has 0 saturated carbocycles. The first-order valence-corrected chi connectivity index (χ1v) is 7.05. The van der Waals surface area contributed by atoms with Gasteiger partial charge in [0.15, 0.2) is 5.57 Å². The standard InChI is InChI=1S/C10H15NO2S2/c1-4-5-6-13-9(12)8(7-11)10(14-2)15-3/h4-6H2,1-3H3. The number of ether oxygens (including phenoxy) is 1. The summed E-state index contributed by atoms with van der Waals surface area (Å²) in [5.41, 5.74) is 0.117. The van der Waals surface area contributed by atoms with Gasteiger partial charge in [-0.15, -0.1) is 23.5 Å². The zero-order valence-electron chi connectivity index (χ0n) is 9.20. The molecule has 0 N–H and O–H groups in total. The fraction of sp³-hybridized carbons (Fsp3) is 0.600. The molecule has 15 heavy (non-hydrogen) atoms. The first-order valence-electron chi connectivity index (χ1n) is 4.60. The fourth-order valence-electron chi connectivity index (χ4n) is 0.843. The molecular weight excluding hydrogens is 230 g/mol. The second-order valence-electron chi connectivity index (χ2n) is 2.67. The Labute approximate surface area is 99.2 Å². The lowest BCUT2D eigenvalue weighted by molar-refractivity contribution is -0.138. The van der Waals surface area contributed by atoms with Crippen LogP contribution in [-0.4, -0.2) is 25.1 Å². The SMILES string of the molecule is CCCCOC(=O)C(C#N)=C(SC)SC. The summed E-state index contributed by atoms with van der Waals surface area (Å²) in [7, 11) is 0. The molecule has 0 amide bonds. The van der Waals surface area contributed by atoms with Crippen LogP contribution >= 0.6 is 23.5 Å². The number of nitrogens with zero attached hydrogens (tertiary/aromatic N) is 1. The molecule has 0 aliphatic carbocycles. The largest absolute Gasteiger partial charge is 0.462 e. The summed E-state index contributed by atoms with van der Waals surface area (Å²) in [6.07, 6.45) is 5.47. The molecule has 0 heterocycles. The van der Waals surface area contributed by atoms with Crippen LogP contribution in [0, 0.1) is 11.3 Å². The predicted molar refractivity (Wildman–Crippen MR) is 65.5 cm³/mol. The quantitative estimate of drug-likeness (QED) is 0.312. The third-order valence-corrected chi connectivity index (χ3v) is 3.77. The molecule has 0 fully saturated rings. The molecule has 0 rings (SSSR count). The maximum absolute atomic E-state index is 11.5. The van der Waals surface area contributed by atoms with Gasteiger partial charge in [-0.2, -0.15) is 5.26 Å². The van der Waals surface area contributed by atoms with Crippen LogP contribution in [-0.2, 0) is 9.53 Å². The monoisotopic (exact) mass is 245 g/mol. The van der Waals surface area contributed by atoms with Gasteiger partial charge in [0.25, 0.3) is 0 Å². The van der Waals surface area contributed by atoms with E-state index >= 15 is 0 Å². The summed E-state index contributed by atoms with van der Waals surface area (Å²) in [6, 6.07) is 1.89. The number of hydrogen-bond acceptors (Lipinski definition) is 5. The van der Waals surface area contributed by atoms with Crippen LogP contribution in [0.4, 0.5) is 0 Å². The van der Waals surface area contributed by atoms with E-state index in [0.717, 1.165) is 12.8 Å². The number of rotatable bonds is 6. The van der Waals surface area contributed by atoms with Gasteiger partial charge >= 0.3 is 5.97 Å². The summed E-state index contributed by atoms with van der Waals surface area (Å²) < 4.78 is 5.68. The number of carbonyl (C=O) groups excluding carboxylic acids is 1. The number of unbranched alkanes of at least 4 members (excludes halogenated alkanes) is 1. The minimum absolute atomic E-state index is 0.117. The van der Waals surface area contributed by atoms with Gasteiger partial charge in [0.05, 0.1) is 10.8 Å². The highest BCUT2D eigenvalue weighted by molar-refractivity contribution is 8.21. The van der Waals surface area contributed by atoms with Gasteiger partial charge in [-0.25, -0.2) is 4.79 Å². The van der Waals surface area contributed by atoms with E-state index in [1.807, 2.05) is 25.5 Å². The van der Waals surface area contributed by atoms with Crippen molar-refractivity contribution in [3.63, 3.8) is 0 Å². The Morgan fingerprint density at radius 2 is 2.00 bits per heavy atom. The second-order valence-corrected chi connectivity index (χ2v) is 4.56. The van der Waals surface area contributed by atoms with E-state index in [4.69, 9.17) is 10.00 Å². The Bertz CT molecular complexity index is 276. The lowest BCUT2D eigenvalue weighted by Crippen LogP contribution is -2.08. The number of esters is 1. The Morgan fingerprint density at radius 3 is 2.40 bits per heavy atom. The number of hydrogen-bond donors (Lipinski definition) is 0. The molecule has 0 aromatic rings. The topological polar surface area (TPSA) is 50.1 Å². The number of thioether (sulfide) groups is 2. The van der Waals surface area contributed by atoms with Crippen LogP contribution < -0.4 is 0 Å². The highest BCUT2D eigenvalue weighted by Gasteiger charge is 2.15. The molecule has 84 valence electrons. The molecule has 0 aliphatic rings. The van der Waals surface area contributed by atoms with Crippen LogP contribution in [0.2, 0.25) is 0 Å². The predicted octanol–water partition coefficient (Wildman–Crippen LogP) is 2.79. The van der Waals surface area contributed by atoms with Gasteiger partial charge in [0, 0.05) is 0 Å². The molecule has 0 unspecified atom stereocenters. The van der Waals surface area contributed by atoms with Gasteiger partial charge < -0.3 is 4.74 Å². The van der Waals surface area contributed by atoms with Crippen LogP contribution in [0.1, 0.15) is 19.8 Å². The Hall–Kier alpha value is -0.600. The zero-order valence-corrected chi connectivity index (χ0v) is 10.8. The molecule has 0 spiro atoms. The third kappa shape index (κ3) is 5.14. The fourth-order valence-corrected chi connectivity index (χ4v) is 2.18. The van der Waals surface area contributed by atoms with E-state index in [1.165, 1.54) is 23.5 Å². The highest BCUT2D eigenvalue weighted by atomic mass is 32.2. The van der Waals surface area contributed by atoms with E-state index in [1.54, 1.807) is 0 Å². The van der Waals surface area contributed by atoms with Crippen molar-refractivity contribution in [2.45, 2.75) is 19.8 Å². The van der Waals surface area contributed by atoms with E-state index in [-0.39, 0.29) is 5.57 Å². The zero-order chi connectivity index (χ0) is 11.7. The molecular formula is C10H15NO2S2. The van der Waals surface area contributed by atoms with Crippen molar-refractivity contribution in [1.29, 1.82) is 5.26 Å². The number of nitriles is 1. The van der Waals surface area contributed by atoms with Crippen molar-refractivity contribution in [3.05, 3.63) is 9.81 Å². The Morgan fingerprint density at radius 1 is 1.40 bits per heavy atom. The van der Waals surface area contributed by atoms with Crippen LogP contribution in [0.25, 0.3) is 0 Å². The maximum atomic E-state index is 11.5. The van der Waals surface area contributed by atoms with Gasteiger partial charge in [-0.3, -0.25) is 0 Å². The lowest BCUT2D eigenvalue weighted by atomic mass is 10.3. The first kappa shape index (κ1) is 14.4. The van der Waals surface area contributed by atoms with Crippen molar-refractivity contribution < 1.29 is 9.53 Å². The summed E-state index contributed by atoms with van der Waals surface area (Å²) in [6.45, 7) is 2.40. The smallest absolute Gasteiger partial charge is 0.350 e. The Kier molecular flexibility index (Phi) is 8.34. The van der Waals surface area contributed by atoms with Crippen molar-refractivity contribution in [2.24, 2.45) is 0 Å². The molecule has 0 aromatic carbocycles. The van der Waals surface area contributed by atoms with Crippen LogP contribution in [0.3, 0.4) is 0 Å². The van der Waals surface area contributed by atoms with Crippen LogP contribution in [0.15, 0.2) is 9.81 Å². The van der Waals surface area contributed by atoms with Gasteiger partial charge in [0.2, 0.25) is 0 Å². The maximum Gasteiger partial charge on any atom is 0.350 e. The molecule has 0 atom stereocenters. The van der Waals surface area contributed by atoms with Gasteiger partial charge in [-0.05, 0) is 18.9 Å². The van der Waals surface area contributed by atoms with E-state index in [9.17, 15) is 4.79 Å². The lowest BCUT2D eigenvalue weighted by Gasteiger charge is -2.05. The summed E-state index contributed by atoms with van der Waals surface area (Å²) >= 11 is 2.78. The van der Waals surface area contributed by atoms with Crippen LogP contribution in [0.5, 0.6) is 0 Å². The van der Waals surface area contributed by atoms with Gasteiger partial charge in [-0.1, -0.05) is 13.3 Å². The summed E-state index contributed by atoms with van der Waals surface area (Å²) in [5, 5.41) is 8.85. The molecule has 0 aliphatic heterocycles. The normalized spacial score (nSPS) is 9.20. The third-order valence-electron chi connectivity index (χ3n) is 1.62. The van der Waals surface area contributed by atoms with E-state index < -0.39 is 5.97 Å². The second kappa shape index (κ2) is 8.69. The minimum atomic E-state index is -0.510. The van der Waals surface area contributed by atoms with Crippen molar-refractivity contribution in [2.75, 3.05) is 19.1 Å². The molecule has 0 bridgehead atoms. The summed E-state index contributed by atoms with van der Waals surface area (Å²) in [5.74, 6) is -0.510. The highest BCUT2D eigenvalue weighted by Crippen LogP contribution is 2.27. The molecule has 0 radical (unpaired) electrons. The van der Waals surface area contributed by atoms with Crippen molar-refractivity contribution in [1.82, 2.24) is 0 Å². The average Bonchev–Trinajstić information content (AvgIpc) is 2.25. The van der Waals surface area contributed by atoms with Gasteiger partial charge in [0.1, 0.15) is 6.07 Å². The van der Waals surface area contributed by atoms with Crippen molar-refractivity contribution >= 4 is 29.5 Å². The molecule has 0 saturated heterocycles. The van der Waals surface area contributed by atoms with E-state index in [2.05, 4.69) is 0 Å². The molecule has 3 nitrogen and oxygen atoms in total. The molecule has 0 aromatic heterocycles. The molecule has 5 heteroatoms. The summed E-state index contributed by atoms with van der Waals surface area (Å²) in [4.78, 5) is 11.5. The minimum Gasteiger partial charge on any atom is -0.462 e. The first-order chi connectivity index (χ1) is 7.21.